The van der Waals surface area contributed by atoms with Gasteiger partial charge in [-0.25, -0.2) is 9.67 Å². The fourth-order valence-corrected chi connectivity index (χ4v) is 3.20. The van der Waals surface area contributed by atoms with E-state index < -0.39 is 0 Å². The summed E-state index contributed by atoms with van der Waals surface area (Å²) in [6.45, 7) is 6.31. The second-order valence-electron chi connectivity index (χ2n) is 6.74. The Morgan fingerprint density at radius 1 is 0.962 bits per heavy atom. The molecule has 1 saturated heterocycles. The van der Waals surface area contributed by atoms with E-state index >= 15 is 0 Å². The predicted molar refractivity (Wildman–Crippen MR) is 101 cm³/mol. The van der Waals surface area contributed by atoms with Gasteiger partial charge in [-0.3, -0.25) is 4.90 Å². The van der Waals surface area contributed by atoms with E-state index in [1.54, 1.807) is 0 Å². The standard InChI is InChI=1S/C21H24N4O/c1-17-7-9-19(10-8-17)25-21(15-18-5-3-2-4-6-18)22-20(23-25)16-24-11-13-26-14-12-24/h2-10H,11-16H2,1H3. The van der Waals surface area contributed by atoms with Crippen molar-refractivity contribution in [3.63, 3.8) is 0 Å². The molecule has 1 fully saturated rings. The van der Waals surface area contributed by atoms with Gasteiger partial charge in [-0.15, -0.1) is 5.10 Å². The van der Waals surface area contributed by atoms with Crippen LogP contribution in [0.5, 0.6) is 0 Å². The first-order valence-corrected chi connectivity index (χ1v) is 9.14. The zero-order valence-electron chi connectivity index (χ0n) is 15.1. The first-order valence-electron chi connectivity index (χ1n) is 9.14. The Labute approximate surface area is 154 Å². The van der Waals surface area contributed by atoms with Crippen LogP contribution in [-0.2, 0) is 17.7 Å². The van der Waals surface area contributed by atoms with Gasteiger partial charge in [0.25, 0.3) is 0 Å². The van der Waals surface area contributed by atoms with E-state index in [0.717, 1.165) is 56.6 Å². The fraction of sp³-hybridized carbons (Fsp3) is 0.333. The number of aryl methyl sites for hydroxylation is 1. The monoisotopic (exact) mass is 348 g/mol. The molecule has 0 spiro atoms. The number of aromatic nitrogens is 3. The molecule has 0 aliphatic carbocycles. The third-order valence-electron chi connectivity index (χ3n) is 4.67. The highest BCUT2D eigenvalue weighted by Gasteiger charge is 2.17. The van der Waals surface area contributed by atoms with Gasteiger partial charge >= 0.3 is 0 Å². The van der Waals surface area contributed by atoms with E-state index in [-0.39, 0.29) is 0 Å². The Hall–Kier alpha value is -2.50. The second kappa shape index (κ2) is 7.81. The molecule has 2 heterocycles. The second-order valence-corrected chi connectivity index (χ2v) is 6.74. The third kappa shape index (κ3) is 4.00. The van der Waals surface area contributed by atoms with Crippen molar-refractivity contribution >= 4 is 0 Å². The minimum absolute atomic E-state index is 0.768. The van der Waals surface area contributed by atoms with Gasteiger partial charge < -0.3 is 4.74 Å². The number of hydrogen-bond donors (Lipinski definition) is 0. The van der Waals surface area contributed by atoms with Crippen molar-refractivity contribution in [3.05, 3.63) is 77.4 Å². The summed E-state index contributed by atoms with van der Waals surface area (Å²) in [5.74, 6) is 1.85. The molecule has 1 aromatic heterocycles. The van der Waals surface area contributed by atoms with E-state index in [1.165, 1.54) is 11.1 Å². The molecular weight excluding hydrogens is 324 g/mol. The minimum atomic E-state index is 0.768. The van der Waals surface area contributed by atoms with Gasteiger partial charge in [0.15, 0.2) is 5.82 Å². The highest BCUT2D eigenvalue weighted by molar-refractivity contribution is 5.35. The Kier molecular flexibility index (Phi) is 5.09. The maximum absolute atomic E-state index is 5.44. The molecule has 1 aliphatic heterocycles. The van der Waals surface area contributed by atoms with Gasteiger partial charge in [-0.05, 0) is 24.6 Å². The number of morpholine rings is 1. The molecule has 0 radical (unpaired) electrons. The zero-order chi connectivity index (χ0) is 17.8. The van der Waals surface area contributed by atoms with Gasteiger partial charge in [-0.1, -0.05) is 48.0 Å². The first kappa shape index (κ1) is 16.9. The van der Waals surface area contributed by atoms with E-state index in [2.05, 4.69) is 60.4 Å². The molecule has 1 aliphatic rings. The number of ether oxygens (including phenoxy) is 1. The summed E-state index contributed by atoms with van der Waals surface area (Å²) in [5.41, 5.74) is 3.54. The Morgan fingerprint density at radius 2 is 1.69 bits per heavy atom. The largest absolute Gasteiger partial charge is 0.379 e. The zero-order valence-corrected chi connectivity index (χ0v) is 15.1. The summed E-state index contributed by atoms with van der Waals surface area (Å²) >= 11 is 0. The summed E-state index contributed by atoms with van der Waals surface area (Å²) < 4.78 is 7.43. The van der Waals surface area contributed by atoms with Crippen LogP contribution >= 0.6 is 0 Å². The van der Waals surface area contributed by atoms with Crippen LogP contribution in [0, 0.1) is 6.92 Å². The smallest absolute Gasteiger partial charge is 0.165 e. The molecule has 134 valence electrons. The quantitative estimate of drug-likeness (QED) is 0.711. The minimum Gasteiger partial charge on any atom is -0.379 e. The highest BCUT2D eigenvalue weighted by Crippen LogP contribution is 2.16. The average molecular weight is 348 g/mol. The van der Waals surface area contributed by atoms with E-state index in [0.29, 0.717) is 0 Å². The van der Waals surface area contributed by atoms with Crippen molar-refractivity contribution in [2.45, 2.75) is 19.9 Å². The maximum atomic E-state index is 5.44. The molecule has 0 bridgehead atoms. The van der Waals surface area contributed by atoms with Gasteiger partial charge in [0.2, 0.25) is 0 Å². The average Bonchev–Trinajstić information content (AvgIpc) is 3.06. The molecule has 26 heavy (non-hydrogen) atoms. The summed E-state index contributed by atoms with van der Waals surface area (Å²) in [6, 6.07) is 18.9. The van der Waals surface area contributed by atoms with Crippen LogP contribution in [0.1, 0.15) is 22.8 Å². The fourth-order valence-electron chi connectivity index (χ4n) is 3.20. The SMILES string of the molecule is Cc1ccc(-n2nc(CN3CCOCC3)nc2Cc2ccccc2)cc1. The number of nitrogens with zero attached hydrogens (tertiary/aromatic N) is 4. The van der Waals surface area contributed by atoms with Crippen molar-refractivity contribution in [3.8, 4) is 5.69 Å². The summed E-state index contributed by atoms with van der Waals surface area (Å²) in [4.78, 5) is 7.22. The van der Waals surface area contributed by atoms with Crippen LogP contribution in [0.3, 0.4) is 0 Å². The molecule has 4 rings (SSSR count). The van der Waals surface area contributed by atoms with E-state index in [1.807, 2.05) is 10.7 Å². The van der Waals surface area contributed by atoms with Gasteiger partial charge in [0.05, 0.1) is 25.4 Å². The summed E-state index contributed by atoms with van der Waals surface area (Å²) in [7, 11) is 0. The summed E-state index contributed by atoms with van der Waals surface area (Å²) in [5, 5.41) is 4.82. The van der Waals surface area contributed by atoms with Crippen LogP contribution in [0.4, 0.5) is 0 Å². The van der Waals surface area contributed by atoms with Crippen molar-refractivity contribution < 1.29 is 4.74 Å². The van der Waals surface area contributed by atoms with Crippen LogP contribution in [0.15, 0.2) is 54.6 Å². The van der Waals surface area contributed by atoms with Crippen molar-refractivity contribution in [2.24, 2.45) is 0 Å². The molecule has 3 aromatic rings. The normalized spacial score (nSPS) is 15.3. The molecule has 0 N–H and O–H groups in total. The third-order valence-corrected chi connectivity index (χ3v) is 4.67. The van der Waals surface area contributed by atoms with Crippen LogP contribution in [-0.4, -0.2) is 46.0 Å². The Bertz CT molecular complexity index is 836. The van der Waals surface area contributed by atoms with E-state index in [9.17, 15) is 0 Å². The molecular formula is C21H24N4O. The Balaban J connectivity index is 1.63. The molecule has 5 nitrogen and oxygen atoms in total. The molecule has 0 amide bonds. The van der Waals surface area contributed by atoms with Gasteiger partial charge in [-0.2, -0.15) is 0 Å². The van der Waals surface area contributed by atoms with E-state index in [4.69, 9.17) is 14.8 Å². The topological polar surface area (TPSA) is 43.2 Å². The lowest BCUT2D eigenvalue weighted by molar-refractivity contribution is 0.0330. The van der Waals surface area contributed by atoms with Crippen molar-refractivity contribution in [1.29, 1.82) is 0 Å². The molecule has 0 saturated carbocycles. The van der Waals surface area contributed by atoms with Gasteiger partial charge in [0, 0.05) is 19.5 Å². The lowest BCUT2D eigenvalue weighted by atomic mass is 10.1. The van der Waals surface area contributed by atoms with Crippen molar-refractivity contribution in [2.75, 3.05) is 26.3 Å². The first-order chi connectivity index (χ1) is 12.8. The number of hydrogen-bond acceptors (Lipinski definition) is 4. The number of rotatable bonds is 5. The molecule has 5 heteroatoms. The lowest BCUT2D eigenvalue weighted by Crippen LogP contribution is -2.36. The van der Waals surface area contributed by atoms with Crippen LogP contribution < -0.4 is 0 Å². The Morgan fingerprint density at radius 3 is 2.42 bits per heavy atom. The molecule has 2 aromatic carbocycles. The van der Waals surface area contributed by atoms with Gasteiger partial charge in [0.1, 0.15) is 5.82 Å². The van der Waals surface area contributed by atoms with Crippen LogP contribution in [0.2, 0.25) is 0 Å². The molecule has 0 unspecified atom stereocenters. The highest BCUT2D eigenvalue weighted by atomic mass is 16.5. The number of benzene rings is 2. The predicted octanol–water partition coefficient (Wildman–Crippen LogP) is 3.00. The maximum Gasteiger partial charge on any atom is 0.165 e. The van der Waals surface area contributed by atoms with Crippen LogP contribution in [0.25, 0.3) is 5.69 Å². The van der Waals surface area contributed by atoms with Crippen molar-refractivity contribution in [1.82, 2.24) is 19.7 Å². The lowest BCUT2D eigenvalue weighted by Gasteiger charge is -2.25. The molecule has 0 atom stereocenters. The summed E-state index contributed by atoms with van der Waals surface area (Å²) in [6.07, 6.45) is 0.769.